The van der Waals surface area contributed by atoms with E-state index < -0.39 is 34.2 Å². The highest BCUT2D eigenvalue weighted by molar-refractivity contribution is 9.09. The second kappa shape index (κ2) is 8.63. The molecule has 4 aromatic rings. The number of aromatic nitrogens is 2. The maximum Gasteiger partial charge on any atom is 0.295 e. The molecule has 0 spiro atoms. The third-order valence-electron chi connectivity index (χ3n) is 8.73. The third kappa shape index (κ3) is 3.12. The Hall–Kier alpha value is -4.24. The van der Waals surface area contributed by atoms with Crippen LogP contribution in [0.4, 0.5) is 5.69 Å². The lowest BCUT2D eigenvalue weighted by Crippen LogP contribution is -2.50. The molecule has 2 heterocycles. The summed E-state index contributed by atoms with van der Waals surface area (Å²) in [7, 11) is 1.73. The van der Waals surface area contributed by atoms with Gasteiger partial charge in [0.2, 0.25) is 17.7 Å². The van der Waals surface area contributed by atoms with Crippen LogP contribution in [0.5, 0.6) is 0 Å². The molecule has 2 bridgehead atoms. The van der Waals surface area contributed by atoms with Crippen molar-refractivity contribution in [2.24, 2.45) is 18.9 Å². The van der Waals surface area contributed by atoms with Crippen molar-refractivity contribution in [1.29, 1.82) is 0 Å². The Morgan fingerprint density at radius 3 is 2.08 bits per heavy atom. The third-order valence-corrected chi connectivity index (χ3v) is 10.1. The minimum atomic E-state index is -0.878. The summed E-state index contributed by atoms with van der Waals surface area (Å²) < 4.78 is 2.25. The molecular weight excluding hydrogens is 572 g/mol. The normalized spacial score (nSPS) is 24.1. The first-order valence-electron chi connectivity index (χ1n) is 13.1. The highest BCUT2D eigenvalue weighted by Crippen LogP contribution is 2.66. The summed E-state index contributed by atoms with van der Waals surface area (Å²) in [6, 6.07) is 24.9. The molecule has 4 aliphatic rings. The smallest absolute Gasteiger partial charge is 0.295 e. The van der Waals surface area contributed by atoms with Crippen LogP contribution in [0.15, 0.2) is 83.7 Å². The van der Waals surface area contributed by atoms with Crippen LogP contribution in [0, 0.1) is 18.8 Å². The number of rotatable bonds is 4. The molecule has 1 aliphatic heterocycles. The van der Waals surface area contributed by atoms with E-state index in [9.17, 15) is 19.2 Å². The van der Waals surface area contributed by atoms with Crippen molar-refractivity contribution in [2.75, 3.05) is 11.9 Å². The molecule has 2 atom stereocenters. The minimum absolute atomic E-state index is 0.115. The van der Waals surface area contributed by atoms with Crippen molar-refractivity contribution >= 4 is 39.3 Å². The first kappa shape index (κ1) is 24.8. The molecule has 3 aliphatic carbocycles. The van der Waals surface area contributed by atoms with Gasteiger partial charge in [-0.05, 0) is 41.3 Å². The number of imide groups is 1. The maximum atomic E-state index is 14.0. The summed E-state index contributed by atoms with van der Waals surface area (Å²) in [6.07, 6.45) is 0. The fourth-order valence-electron chi connectivity index (χ4n) is 6.93. The van der Waals surface area contributed by atoms with Crippen molar-refractivity contribution in [3.8, 4) is 5.69 Å². The average Bonchev–Trinajstić information content (AvgIpc) is 3.34. The molecule has 8 nitrogen and oxygen atoms in total. The largest absolute Gasteiger partial charge is 0.318 e. The number of carbonyl (C=O) groups is 3. The van der Waals surface area contributed by atoms with Gasteiger partial charge in [-0.15, -0.1) is 0 Å². The Morgan fingerprint density at radius 1 is 0.875 bits per heavy atom. The van der Waals surface area contributed by atoms with Gasteiger partial charge in [0.1, 0.15) is 12.2 Å². The Bertz CT molecular complexity index is 1760. The molecule has 3 aromatic carbocycles. The van der Waals surface area contributed by atoms with Crippen LogP contribution >= 0.6 is 15.9 Å². The standard InChI is InChI=1S/C31H25BrN4O4/c1-17-27(30(40)36(34(17)2)18-10-4-3-5-11-18)33-23(37)16-35-28(38)25-24-19-12-6-8-14-21(19)31(32,26(25)29(35)39)22-15-9-7-13-20(22)24/h3-15,24-26H,16H2,1-2H3,(H,33,37)/t24?,25-,26+,31?/m1/s1. The van der Waals surface area contributed by atoms with Gasteiger partial charge in [0.05, 0.1) is 27.5 Å². The summed E-state index contributed by atoms with van der Waals surface area (Å²) >= 11 is 3.96. The maximum absolute atomic E-state index is 14.0. The molecule has 200 valence electrons. The molecule has 0 radical (unpaired) electrons. The number of para-hydroxylation sites is 1. The number of benzene rings is 3. The Kier molecular flexibility index (Phi) is 5.34. The van der Waals surface area contributed by atoms with E-state index in [4.69, 9.17) is 0 Å². The molecule has 1 aromatic heterocycles. The number of hydrogen-bond donors (Lipinski definition) is 1. The Labute approximate surface area is 238 Å². The van der Waals surface area contributed by atoms with E-state index in [0.29, 0.717) is 11.4 Å². The second-order valence-corrected chi connectivity index (χ2v) is 11.9. The average molecular weight is 597 g/mol. The van der Waals surface area contributed by atoms with Gasteiger partial charge >= 0.3 is 0 Å². The number of hydrogen-bond acceptors (Lipinski definition) is 4. The topological polar surface area (TPSA) is 93.4 Å². The van der Waals surface area contributed by atoms with Crippen LogP contribution in [0.2, 0.25) is 0 Å². The van der Waals surface area contributed by atoms with Gasteiger partial charge in [-0.25, -0.2) is 4.68 Å². The lowest BCUT2D eigenvalue weighted by molar-refractivity contribution is -0.142. The summed E-state index contributed by atoms with van der Waals surface area (Å²) in [4.78, 5) is 55.5. The zero-order valence-corrected chi connectivity index (χ0v) is 23.4. The number of amides is 3. The molecule has 1 fully saturated rings. The molecule has 40 heavy (non-hydrogen) atoms. The van der Waals surface area contributed by atoms with Gasteiger partial charge in [-0.2, -0.15) is 0 Å². The number of carbonyl (C=O) groups excluding carboxylic acids is 3. The van der Waals surface area contributed by atoms with Gasteiger partial charge in [0, 0.05) is 13.0 Å². The summed E-state index contributed by atoms with van der Waals surface area (Å²) in [6.45, 7) is 1.27. The summed E-state index contributed by atoms with van der Waals surface area (Å²) in [5.74, 6) is -2.94. The molecular formula is C31H25BrN4O4. The van der Waals surface area contributed by atoms with Gasteiger partial charge in [0.25, 0.3) is 5.56 Å². The van der Waals surface area contributed by atoms with Crippen molar-refractivity contribution in [3.63, 3.8) is 0 Å². The first-order chi connectivity index (χ1) is 19.2. The van der Waals surface area contributed by atoms with Crippen molar-refractivity contribution in [1.82, 2.24) is 14.3 Å². The van der Waals surface area contributed by atoms with E-state index in [0.717, 1.165) is 27.2 Å². The lowest BCUT2D eigenvalue weighted by atomic mass is 9.55. The van der Waals surface area contributed by atoms with Gasteiger partial charge in [-0.3, -0.25) is 28.8 Å². The predicted octanol–water partition coefficient (Wildman–Crippen LogP) is 3.82. The van der Waals surface area contributed by atoms with Crippen LogP contribution in [0.1, 0.15) is 33.9 Å². The van der Waals surface area contributed by atoms with Gasteiger partial charge in [-0.1, -0.05) is 82.7 Å². The molecule has 1 saturated heterocycles. The number of nitrogens with zero attached hydrogens (tertiary/aromatic N) is 3. The number of anilines is 1. The number of nitrogens with one attached hydrogen (secondary N) is 1. The molecule has 8 rings (SSSR count). The quantitative estimate of drug-likeness (QED) is 0.286. The fourth-order valence-corrected chi connectivity index (χ4v) is 8.13. The molecule has 0 saturated carbocycles. The van der Waals surface area contributed by atoms with E-state index in [1.165, 1.54) is 4.68 Å². The van der Waals surface area contributed by atoms with Crippen LogP contribution < -0.4 is 10.9 Å². The van der Waals surface area contributed by atoms with E-state index >= 15 is 0 Å². The monoisotopic (exact) mass is 596 g/mol. The highest BCUT2D eigenvalue weighted by atomic mass is 79.9. The zero-order valence-electron chi connectivity index (χ0n) is 21.8. The van der Waals surface area contributed by atoms with E-state index in [2.05, 4.69) is 21.2 Å². The predicted molar refractivity (Wildman–Crippen MR) is 153 cm³/mol. The molecule has 9 heteroatoms. The van der Waals surface area contributed by atoms with Crippen molar-refractivity contribution in [3.05, 3.63) is 117 Å². The lowest BCUT2D eigenvalue weighted by Gasteiger charge is -2.51. The number of alkyl halides is 1. The fraction of sp³-hybridized carbons (Fsp3) is 0.226. The summed E-state index contributed by atoms with van der Waals surface area (Å²) in [5.41, 5.74) is 4.94. The Balaban J connectivity index is 1.22. The molecule has 1 N–H and O–H groups in total. The number of likely N-dealkylation sites (tertiary alicyclic amines) is 1. The zero-order chi connectivity index (χ0) is 27.9. The molecule has 3 amide bonds. The summed E-state index contributed by atoms with van der Waals surface area (Å²) in [5, 5.41) is 2.69. The molecule has 0 unspecified atom stereocenters. The van der Waals surface area contributed by atoms with Crippen LogP contribution in [0.3, 0.4) is 0 Å². The number of halogens is 1. The highest BCUT2D eigenvalue weighted by Gasteiger charge is 2.67. The van der Waals surface area contributed by atoms with E-state index in [-0.39, 0.29) is 23.4 Å². The Morgan fingerprint density at radius 2 is 1.45 bits per heavy atom. The van der Waals surface area contributed by atoms with Crippen LogP contribution in [-0.2, 0) is 25.8 Å². The van der Waals surface area contributed by atoms with Crippen molar-refractivity contribution in [2.45, 2.75) is 17.2 Å². The van der Waals surface area contributed by atoms with Crippen LogP contribution in [0.25, 0.3) is 5.69 Å². The van der Waals surface area contributed by atoms with E-state index in [1.54, 1.807) is 30.8 Å². The van der Waals surface area contributed by atoms with Crippen LogP contribution in [-0.4, -0.2) is 38.5 Å². The van der Waals surface area contributed by atoms with E-state index in [1.807, 2.05) is 66.7 Å². The first-order valence-corrected chi connectivity index (χ1v) is 13.9. The SMILES string of the molecule is Cc1c(NC(=O)CN2C(=O)[C@@H]3C4c5ccccc5C(Br)(c5ccccc54)[C@@H]3C2=O)c(=O)n(-c2ccccc2)n1C. The second-order valence-electron chi connectivity index (χ2n) is 10.6. The van der Waals surface area contributed by atoms with Gasteiger partial charge < -0.3 is 5.32 Å². The minimum Gasteiger partial charge on any atom is -0.318 e. The van der Waals surface area contributed by atoms with Crippen molar-refractivity contribution < 1.29 is 14.4 Å². The van der Waals surface area contributed by atoms with Gasteiger partial charge in [0.15, 0.2) is 0 Å².